The number of carbonyl (C=O) groups is 3. The second-order valence-electron chi connectivity index (χ2n) is 12.0. The van der Waals surface area contributed by atoms with Crippen LogP contribution in [-0.4, -0.2) is 42.0 Å². The second-order valence-corrected chi connectivity index (χ2v) is 12.0. The third-order valence-corrected chi connectivity index (χ3v) is 8.79. The number of amides is 2. The summed E-state index contributed by atoms with van der Waals surface area (Å²) in [6.07, 6.45) is 21.7. The maximum absolute atomic E-state index is 13.0. The number of rotatable bonds is 21. The maximum atomic E-state index is 13.0. The van der Waals surface area contributed by atoms with E-state index in [1.165, 1.54) is 77.6 Å². The van der Waals surface area contributed by atoms with Crippen molar-refractivity contribution >= 4 is 18.3 Å². The van der Waals surface area contributed by atoms with E-state index in [4.69, 9.17) is 9.47 Å². The van der Waals surface area contributed by atoms with Gasteiger partial charge in [-0.05, 0) is 12.3 Å². The van der Waals surface area contributed by atoms with Crippen molar-refractivity contribution in [3.8, 4) is 0 Å². The van der Waals surface area contributed by atoms with Crippen LogP contribution in [0.4, 0.5) is 4.79 Å². The molecule has 1 aromatic heterocycles. The van der Waals surface area contributed by atoms with Crippen LogP contribution >= 0.6 is 0 Å². The Bertz CT molecular complexity index is 907. The Morgan fingerprint density at radius 3 is 2.20 bits per heavy atom. The Hall–Kier alpha value is -2.28. The molecule has 7 nitrogen and oxygen atoms in total. The highest BCUT2D eigenvalue weighted by Crippen LogP contribution is 2.41. The van der Waals surface area contributed by atoms with E-state index in [9.17, 15) is 14.4 Å². The van der Waals surface area contributed by atoms with Crippen LogP contribution in [-0.2, 0) is 32.7 Å². The third-order valence-electron chi connectivity index (χ3n) is 8.79. The topological polar surface area (TPSA) is 76.8 Å². The number of aromatic nitrogens is 1. The monoisotopic (exact) mass is 573 g/mol. The molecule has 41 heavy (non-hydrogen) atoms. The third kappa shape index (κ3) is 11.9. The standard InChI is InChI=1S/C34H57N2O5/c1-5-7-8-9-10-11-12-13-14-15-16-17-21-30(20-6-2)32-23-25-41-34(32,27-37)28-40-33(39)36(29(3)38)26-31-22-18-19-24-35(31)4/h18-19,22,24,27,30,32H,5-17,20-21,23,25-26,28H2,1-4H3/q+1/t30?,32-,34-/m1/s1. The van der Waals surface area contributed by atoms with E-state index in [-0.39, 0.29) is 19.1 Å². The zero-order valence-corrected chi connectivity index (χ0v) is 26.4. The normalized spacial score (nSPS) is 19.2. The Morgan fingerprint density at radius 1 is 1.00 bits per heavy atom. The van der Waals surface area contributed by atoms with Gasteiger partial charge in [-0.3, -0.25) is 9.59 Å². The first-order valence-electron chi connectivity index (χ1n) is 16.4. The summed E-state index contributed by atoms with van der Waals surface area (Å²) in [4.78, 5) is 38.9. The van der Waals surface area contributed by atoms with Crippen LogP contribution in [0.1, 0.15) is 129 Å². The van der Waals surface area contributed by atoms with Crippen LogP contribution < -0.4 is 4.57 Å². The molecular weight excluding hydrogens is 516 g/mol. The summed E-state index contributed by atoms with van der Waals surface area (Å²) >= 11 is 0. The molecule has 2 amide bonds. The van der Waals surface area contributed by atoms with E-state index in [0.717, 1.165) is 49.0 Å². The van der Waals surface area contributed by atoms with Crippen molar-refractivity contribution < 1.29 is 28.4 Å². The summed E-state index contributed by atoms with van der Waals surface area (Å²) in [6, 6.07) is 5.61. The summed E-state index contributed by atoms with van der Waals surface area (Å²) < 4.78 is 13.5. The molecule has 1 aliphatic heterocycles. The van der Waals surface area contributed by atoms with Gasteiger partial charge in [0.25, 0.3) is 0 Å². The number of ether oxygens (including phenoxy) is 2. The molecule has 3 atom stereocenters. The minimum atomic E-state index is -1.15. The van der Waals surface area contributed by atoms with Crippen molar-refractivity contribution in [1.29, 1.82) is 0 Å². The Morgan fingerprint density at radius 2 is 1.63 bits per heavy atom. The molecule has 1 fully saturated rings. The molecule has 0 aliphatic carbocycles. The summed E-state index contributed by atoms with van der Waals surface area (Å²) in [6.45, 7) is 6.21. The minimum absolute atomic E-state index is 0.0122. The maximum Gasteiger partial charge on any atom is 0.417 e. The lowest BCUT2D eigenvalue weighted by Gasteiger charge is -2.34. The summed E-state index contributed by atoms with van der Waals surface area (Å²) in [5.41, 5.74) is -0.350. The minimum Gasteiger partial charge on any atom is -0.446 e. The van der Waals surface area contributed by atoms with Gasteiger partial charge >= 0.3 is 6.09 Å². The van der Waals surface area contributed by atoms with Crippen LogP contribution in [0.2, 0.25) is 0 Å². The predicted octanol–water partition coefficient (Wildman–Crippen LogP) is 7.48. The summed E-state index contributed by atoms with van der Waals surface area (Å²) in [5.74, 6) is -0.0429. The van der Waals surface area contributed by atoms with E-state index in [1.54, 1.807) is 0 Å². The van der Waals surface area contributed by atoms with Gasteiger partial charge in [0, 0.05) is 31.6 Å². The van der Waals surface area contributed by atoms with Gasteiger partial charge in [-0.15, -0.1) is 0 Å². The molecule has 1 unspecified atom stereocenters. The number of imide groups is 1. The SMILES string of the molecule is CCCCCCCCCCCCCCC(CCC)[C@H]1CCO[C@]1(C=O)COC(=O)N(Cc1cccc[n+]1C)C(C)=O. The fourth-order valence-electron chi connectivity index (χ4n) is 6.27. The van der Waals surface area contributed by atoms with Gasteiger partial charge in [0.15, 0.2) is 18.1 Å². The summed E-state index contributed by atoms with van der Waals surface area (Å²) in [7, 11) is 1.86. The van der Waals surface area contributed by atoms with Crippen molar-refractivity contribution in [2.45, 2.75) is 136 Å². The number of hydrogen-bond donors (Lipinski definition) is 0. The molecule has 0 bridgehead atoms. The first kappa shape index (κ1) is 34.9. The molecule has 7 heteroatoms. The van der Waals surface area contributed by atoms with Gasteiger partial charge in [0.2, 0.25) is 11.6 Å². The quantitative estimate of drug-likeness (QED) is 0.0866. The zero-order chi connectivity index (χ0) is 29.9. The van der Waals surface area contributed by atoms with Crippen molar-refractivity contribution in [2.75, 3.05) is 13.2 Å². The lowest BCUT2D eigenvalue weighted by molar-refractivity contribution is -0.679. The molecule has 2 heterocycles. The number of nitrogens with zero attached hydrogens (tertiary/aromatic N) is 2. The average molecular weight is 574 g/mol. The van der Waals surface area contributed by atoms with Gasteiger partial charge in [-0.1, -0.05) is 116 Å². The van der Waals surface area contributed by atoms with Crippen molar-refractivity contribution in [3.05, 3.63) is 30.1 Å². The predicted molar refractivity (Wildman–Crippen MR) is 162 cm³/mol. The molecule has 0 N–H and O–H groups in total. The van der Waals surface area contributed by atoms with Gasteiger partial charge in [0.1, 0.15) is 20.2 Å². The van der Waals surface area contributed by atoms with Crippen molar-refractivity contribution in [1.82, 2.24) is 4.90 Å². The molecule has 2 rings (SSSR count). The summed E-state index contributed by atoms with van der Waals surface area (Å²) in [5, 5.41) is 0. The Labute approximate surface area is 249 Å². The fourth-order valence-corrected chi connectivity index (χ4v) is 6.27. The van der Waals surface area contributed by atoms with Crippen LogP contribution in [0.25, 0.3) is 0 Å². The Kier molecular flexibility index (Phi) is 16.8. The smallest absolute Gasteiger partial charge is 0.417 e. The average Bonchev–Trinajstić information content (AvgIpc) is 3.39. The van der Waals surface area contributed by atoms with Crippen molar-refractivity contribution in [3.63, 3.8) is 0 Å². The van der Waals surface area contributed by atoms with Crippen LogP contribution in [0.15, 0.2) is 24.4 Å². The molecule has 0 aromatic carbocycles. The van der Waals surface area contributed by atoms with Crippen LogP contribution in [0, 0.1) is 11.8 Å². The van der Waals surface area contributed by atoms with Gasteiger partial charge in [-0.2, -0.15) is 0 Å². The number of unbranched alkanes of at least 4 members (excludes halogenated alkanes) is 11. The number of pyridine rings is 1. The van der Waals surface area contributed by atoms with Gasteiger partial charge in [-0.25, -0.2) is 14.3 Å². The largest absolute Gasteiger partial charge is 0.446 e. The number of aryl methyl sites for hydroxylation is 1. The molecule has 232 valence electrons. The van der Waals surface area contributed by atoms with E-state index >= 15 is 0 Å². The van der Waals surface area contributed by atoms with E-state index in [1.807, 2.05) is 36.0 Å². The van der Waals surface area contributed by atoms with Crippen molar-refractivity contribution in [2.24, 2.45) is 18.9 Å². The highest BCUT2D eigenvalue weighted by atomic mass is 16.6. The van der Waals surface area contributed by atoms with Crippen LogP contribution in [0.3, 0.4) is 0 Å². The highest BCUT2D eigenvalue weighted by Gasteiger charge is 2.49. The molecular formula is C34H57N2O5+. The van der Waals surface area contributed by atoms with E-state index in [0.29, 0.717) is 12.5 Å². The first-order valence-corrected chi connectivity index (χ1v) is 16.4. The molecule has 1 aromatic rings. The molecule has 1 aliphatic rings. The van der Waals surface area contributed by atoms with E-state index in [2.05, 4.69) is 13.8 Å². The van der Waals surface area contributed by atoms with E-state index < -0.39 is 17.6 Å². The number of hydrogen-bond acceptors (Lipinski definition) is 5. The first-order chi connectivity index (χ1) is 19.9. The van der Waals surface area contributed by atoms with Gasteiger partial charge < -0.3 is 9.47 Å². The number of carbonyl (C=O) groups excluding carboxylic acids is 3. The van der Waals surface area contributed by atoms with Gasteiger partial charge in [0.05, 0.1) is 0 Å². The molecule has 1 saturated heterocycles. The molecule has 0 radical (unpaired) electrons. The zero-order valence-electron chi connectivity index (χ0n) is 26.4. The second kappa shape index (κ2) is 19.8. The fraction of sp³-hybridized carbons (Fsp3) is 0.765. The highest BCUT2D eigenvalue weighted by molar-refractivity contribution is 5.90. The molecule has 0 saturated carbocycles. The molecule has 0 spiro atoms. The Balaban J connectivity index is 1.84. The lowest BCUT2D eigenvalue weighted by Crippen LogP contribution is -2.48. The lowest BCUT2D eigenvalue weighted by atomic mass is 9.74. The van der Waals surface area contributed by atoms with Crippen LogP contribution in [0.5, 0.6) is 0 Å². The number of aldehydes is 1.